The van der Waals surface area contributed by atoms with Crippen molar-refractivity contribution < 1.29 is 0 Å². The minimum Gasteiger partial charge on any atom is -0.367 e. The van der Waals surface area contributed by atoms with Gasteiger partial charge in [0.1, 0.15) is 12.1 Å². The second-order valence-electron chi connectivity index (χ2n) is 6.56. The molecule has 2 saturated carbocycles. The molecule has 0 aliphatic heterocycles. The van der Waals surface area contributed by atoms with Crippen LogP contribution in [0.1, 0.15) is 56.2 Å². The third-order valence-electron chi connectivity index (χ3n) is 4.82. The summed E-state index contributed by atoms with van der Waals surface area (Å²) in [6.45, 7) is 0. The van der Waals surface area contributed by atoms with E-state index < -0.39 is 0 Å². The van der Waals surface area contributed by atoms with E-state index in [4.69, 9.17) is 0 Å². The van der Waals surface area contributed by atoms with E-state index in [-0.39, 0.29) is 11.6 Å². The van der Waals surface area contributed by atoms with Gasteiger partial charge in [-0.2, -0.15) is 5.10 Å². The molecule has 2 aliphatic carbocycles. The quantitative estimate of drug-likeness (QED) is 0.939. The predicted molar refractivity (Wildman–Crippen MR) is 87.4 cm³/mol. The van der Waals surface area contributed by atoms with Crippen molar-refractivity contribution in [3.63, 3.8) is 0 Å². The molecule has 6 nitrogen and oxygen atoms in total. The van der Waals surface area contributed by atoms with Crippen molar-refractivity contribution in [1.29, 1.82) is 0 Å². The van der Waals surface area contributed by atoms with Gasteiger partial charge in [-0.1, -0.05) is 0 Å². The minimum atomic E-state index is -0.00575. The maximum absolute atomic E-state index is 11.9. The highest BCUT2D eigenvalue weighted by atomic mass is 16.1. The van der Waals surface area contributed by atoms with Gasteiger partial charge in [0, 0.05) is 36.0 Å². The molecule has 0 radical (unpaired) electrons. The zero-order valence-corrected chi connectivity index (χ0v) is 13.1. The van der Waals surface area contributed by atoms with Crippen LogP contribution in [0.15, 0.2) is 35.5 Å². The van der Waals surface area contributed by atoms with Gasteiger partial charge in [-0.05, 0) is 44.6 Å². The van der Waals surface area contributed by atoms with Crippen molar-refractivity contribution in [3.8, 4) is 0 Å². The molecular weight excluding hydrogens is 290 g/mol. The van der Waals surface area contributed by atoms with Crippen LogP contribution in [0.25, 0.3) is 0 Å². The lowest BCUT2D eigenvalue weighted by Gasteiger charge is -2.29. The lowest BCUT2D eigenvalue weighted by atomic mass is 9.91. The molecule has 0 bridgehead atoms. The fourth-order valence-electron chi connectivity index (χ4n) is 3.37. The lowest BCUT2D eigenvalue weighted by Crippen LogP contribution is -2.33. The van der Waals surface area contributed by atoms with Gasteiger partial charge in [-0.25, -0.2) is 14.6 Å². The first-order valence-electron chi connectivity index (χ1n) is 8.42. The third-order valence-corrected chi connectivity index (χ3v) is 4.82. The molecule has 2 aromatic heterocycles. The van der Waals surface area contributed by atoms with Crippen molar-refractivity contribution >= 4 is 5.82 Å². The Bertz CT molecular complexity index is 732. The van der Waals surface area contributed by atoms with Gasteiger partial charge in [0.2, 0.25) is 0 Å². The maximum atomic E-state index is 11.9. The van der Waals surface area contributed by atoms with E-state index in [2.05, 4.69) is 26.4 Å². The molecule has 0 amide bonds. The van der Waals surface area contributed by atoms with E-state index in [1.54, 1.807) is 29.3 Å². The summed E-state index contributed by atoms with van der Waals surface area (Å²) in [7, 11) is 0. The van der Waals surface area contributed by atoms with Gasteiger partial charge >= 0.3 is 0 Å². The van der Waals surface area contributed by atoms with Crippen LogP contribution in [0.3, 0.4) is 0 Å². The Morgan fingerprint density at radius 3 is 2.65 bits per heavy atom. The van der Waals surface area contributed by atoms with E-state index >= 15 is 0 Å². The SMILES string of the molecule is O=c1cccnn1C1CCC(Nc2cc(C3CC3)ncn2)CC1. The average molecular weight is 311 g/mol. The normalized spacial score (nSPS) is 24.3. The monoisotopic (exact) mass is 311 g/mol. The Kier molecular flexibility index (Phi) is 3.81. The fraction of sp³-hybridized carbons (Fsp3) is 0.529. The van der Waals surface area contributed by atoms with E-state index in [1.807, 2.05) is 0 Å². The summed E-state index contributed by atoms with van der Waals surface area (Å²) in [5.74, 6) is 1.57. The van der Waals surface area contributed by atoms with E-state index in [0.717, 1.165) is 37.2 Å². The Hall–Kier alpha value is -2.24. The van der Waals surface area contributed by atoms with E-state index in [9.17, 15) is 4.79 Å². The van der Waals surface area contributed by atoms with Gasteiger partial charge < -0.3 is 5.32 Å². The molecule has 4 rings (SSSR count). The molecule has 0 atom stereocenters. The molecule has 2 fully saturated rings. The van der Waals surface area contributed by atoms with Crippen LogP contribution in [0.4, 0.5) is 5.82 Å². The molecule has 120 valence electrons. The Morgan fingerprint density at radius 1 is 1.09 bits per heavy atom. The standard InChI is InChI=1S/C17H21N5O/c23-17-2-1-9-20-22(17)14-7-5-13(6-8-14)21-16-10-15(12-3-4-12)18-11-19-16/h1-2,9-14H,3-8H2,(H,18,19,21). The van der Waals surface area contributed by atoms with Gasteiger partial charge in [-0.3, -0.25) is 4.79 Å². The Balaban J connectivity index is 1.37. The van der Waals surface area contributed by atoms with Crippen LogP contribution in [-0.4, -0.2) is 25.8 Å². The highest BCUT2D eigenvalue weighted by Crippen LogP contribution is 2.39. The Morgan fingerprint density at radius 2 is 1.91 bits per heavy atom. The minimum absolute atomic E-state index is 0.00575. The molecular formula is C17H21N5O. The average Bonchev–Trinajstić information content (AvgIpc) is 3.42. The van der Waals surface area contributed by atoms with Crippen LogP contribution in [0.2, 0.25) is 0 Å². The fourth-order valence-corrected chi connectivity index (χ4v) is 3.37. The van der Waals surface area contributed by atoms with Gasteiger partial charge in [0.15, 0.2) is 0 Å². The number of nitrogens with zero attached hydrogens (tertiary/aromatic N) is 4. The van der Waals surface area contributed by atoms with Crippen molar-refractivity contribution in [2.45, 2.75) is 56.5 Å². The number of rotatable bonds is 4. The van der Waals surface area contributed by atoms with Crippen molar-refractivity contribution in [2.24, 2.45) is 0 Å². The first-order valence-corrected chi connectivity index (χ1v) is 8.42. The molecule has 2 aromatic rings. The number of hydrogen-bond acceptors (Lipinski definition) is 5. The molecule has 0 saturated heterocycles. The second-order valence-corrected chi connectivity index (χ2v) is 6.56. The van der Waals surface area contributed by atoms with Crippen LogP contribution < -0.4 is 10.9 Å². The lowest BCUT2D eigenvalue weighted by molar-refractivity contribution is 0.303. The highest BCUT2D eigenvalue weighted by molar-refractivity contribution is 5.38. The van der Waals surface area contributed by atoms with Crippen molar-refractivity contribution in [2.75, 3.05) is 5.32 Å². The van der Waals surface area contributed by atoms with Crippen LogP contribution in [-0.2, 0) is 0 Å². The summed E-state index contributed by atoms with van der Waals surface area (Å²) in [6, 6.07) is 5.99. The number of nitrogens with one attached hydrogen (secondary N) is 1. The first-order chi connectivity index (χ1) is 11.3. The molecule has 1 N–H and O–H groups in total. The van der Waals surface area contributed by atoms with Crippen LogP contribution in [0, 0.1) is 0 Å². The second kappa shape index (κ2) is 6.10. The highest BCUT2D eigenvalue weighted by Gasteiger charge is 2.26. The molecule has 23 heavy (non-hydrogen) atoms. The van der Waals surface area contributed by atoms with E-state index in [1.165, 1.54) is 12.8 Å². The molecule has 0 unspecified atom stereocenters. The summed E-state index contributed by atoms with van der Waals surface area (Å²) in [5, 5.41) is 7.74. The summed E-state index contributed by atoms with van der Waals surface area (Å²) in [4.78, 5) is 20.6. The van der Waals surface area contributed by atoms with Crippen molar-refractivity contribution in [3.05, 3.63) is 46.8 Å². The summed E-state index contributed by atoms with van der Waals surface area (Å²) in [6.07, 6.45) is 9.83. The zero-order valence-electron chi connectivity index (χ0n) is 13.1. The van der Waals surface area contributed by atoms with Gasteiger partial charge in [0.05, 0.1) is 6.04 Å². The molecule has 2 aliphatic rings. The predicted octanol–water partition coefficient (Wildman–Crippen LogP) is 2.51. The van der Waals surface area contributed by atoms with Gasteiger partial charge in [0.25, 0.3) is 5.56 Å². The largest absolute Gasteiger partial charge is 0.367 e. The third kappa shape index (κ3) is 3.25. The Labute approximate surface area is 135 Å². The van der Waals surface area contributed by atoms with Crippen LogP contribution in [0.5, 0.6) is 0 Å². The topological polar surface area (TPSA) is 72.7 Å². The molecule has 6 heteroatoms. The number of hydrogen-bond donors (Lipinski definition) is 1. The molecule has 0 spiro atoms. The van der Waals surface area contributed by atoms with E-state index in [0.29, 0.717) is 12.0 Å². The van der Waals surface area contributed by atoms with Crippen molar-refractivity contribution in [1.82, 2.24) is 19.7 Å². The van der Waals surface area contributed by atoms with Gasteiger partial charge in [-0.15, -0.1) is 0 Å². The molecule has 0 aromatic carbocycles. The van der Waals surface area contributed by atoms with Crippen LogP contribution >= 0.6 is 0 Å². The number of aromatic nitrogens is 4. The number of anilines is 1. The summed E-state index contributed by atoms with van der Waals surface area (Å²) in [5.41, 5.74) is 1.16. The first kappa shape index (κ1) is 14.4. The summed E-state index contributed by atoms with van der Waals surface area (Å²) >= 11 is 0. The smallest absolute Gasteiger partial charge is 0.266 e. The molecule has 2 heterocycles. The maximum Gasteiger partial charge on any atom is 0.266 e. The zero-order chi connectivity index (χ0) is 15.6. The summed E-state index contributed by atoms with van der Waals surface area (Å²) < 4.78 is 1.63.